The zero-order valence-corrected chi connectivity index (χ0v) is 15.8. The van der Waals surface area contributed by atoms with Crippen LogP contribution in [0.25, 0.3) is 10.9 Å². The Kier molecular flexibility index (Phi) is 5.86. The Morgan fingerprint density at radius 1 is 1.26 bits per heavy atom. The minimum atomic E-state index is -0.369. The first kappa shape index (κ1) is 19.0. The van der Waals surface area contributed by atoms with Crippen molar-refractivity contribution in [2.75, 3.05) is 19.6 Å². The number of amides is 1. The number of aromatic nitrogens is 1. The van der Waals surface area contributed by atoms with Gasteiger partial charge in [0.05, 0.1) is 23.4 Å². The average molecular weight is 369 g/mol. The molecule has 0 aliphatic carbocycles. The van der Waals surface area contributed by atoms with Crippen LogP contribution in [-0.2, 0) is 0 Å². The van der Waals surface area contributed by atoms with Gasteiger partial charge in [0.1, 0.15) is 11.6 Å². The summed E-state index contributed by atoms with van der Waals surface area (Å²) in [6, 6.07) is 9.74. The zero-order valence-electron chi connectivity index (χ0n) is 15.8. The maximum Gasteiger partial charge on any atom is 0.252 e. The van der Waals surface area contributed by atoms with Gasteiger partial charge in [-0.05, 0) is 50.3 Å². The highest BCUT2D eigenvalue weighted by Crippen LogP contribution is 2.22. The maximum absolute atomic E-state index is 13.5. The number of hydrogen-bond acceptors (Lipinski definition) is 4. The van der Waals surface area contributed by atoms with Crippen molar-refractivity contribution in [3.63, 3.8) is 0 Å². The minimum absolute atomic E-state index is 0.0504. The number of carbonyl (C=O) groups is 1. The average Bonchev–Trinajstić information content (AvgIpc) is 3.18. The number of fused-ring (bicyclic) bond motifs is 1. The first-order valence-electron chi connectivity index (χ1n) is 9.16. The Hall–Kier alpha value is -2.73. The Morgan fingerprint density at radius 2 is 2.04 bits per heavy atom. The van der Waals surface area contributed by atoms with E-state index in [2.05, 4.69) is 29.0 Å². The van der Waals surface area contributed by atoms with Crippen molar-refractivity contribution < 1.29 is 13.6 Å². The molecule has 1 N–H and O–H groups in total. The molecule has 1 aromatic carbocycles. The summed E-state index contributed by atoms with van der Waals surface area (Å²) in [5.41, 5.74) is 1.64. The fraction of sp³-hybridized carbons (Fsp3) is 0.333. The van der Waals surface area contributed by atoms with Crippen molar-refractivity contribution in [2.24, 2.45) is 0 Å². The van der Waals surface area contributed by atoms with E-state index in [4.69, 9.17) is 4.42 Å². The fourth-order valence-corrected chi connectivity index (χ4v) is 3.36. The van der Waals surface area contributed by atoms with E-state index in [1.807, 2.05) is 12.1 Å². The predicted octanol–water partition coefficient (Wildman–Crippen LogP) is 4.09. The van der Waals surface area contributed by atoms with E-state index >= 15 is 0 Å². The van der Waals surface area contributed by atoms with Gasteiger partial charge in [0.25, 0.3) is 5.91 Å². The van der Waals surface area contributed by atoms with E-state index in [9.17, 15) is 9.18 Å². The summed E-state index contributed by atoms with van der Waals surface area (Å²) >= 11 is 0. The molecule has 0 fully saturated rings. The van der Waals surface area contributed by atoms with Crippen LogP contribution in [0.5, 0.6) is 0 Å². The highest BCUT2D eigenvalue weighted by Gasteiger charge is 2.22. The monoisotopic (exact) mass is 369 g/mol. The highest BCUT2D eigenvalue weighted by molar-refractivity contribution is 6.06. The summed E-state index contributed by atoms with van der Waals surface area (Å²) < 4.78 is 19.1. The molecule has 1 amide bonds. The molecule has 142 valence electrons. The smallest absolute Gasteiger partial charge is 0.252 e. The SMILES string of the molecule is CCN(CC)[C@H](CNC(=O)c1cc(C)nc2cc(F)ccc12)c1ccco1. The molecule has 0 spiro atoms. The molecule has 0 saturated heterocycles. The van der Waals surface area contributed by atoms with E-state index in [0.717, 1.165) is 18.8 Å². The third kappa shape index (κ3) is 4.17. The Bertz CT molecular complexity index is 915. The molecule has 27 heavy (non-hydrogen) atoms. The van der Waals surface area contributed by atoms with Gasteiger partial charge in [-0.1, -0.05) is 13.8 Å². The molecule has 0 aliphatic heterocycles. The quantitative estimate of drug-likeness (QED) is 0.682. The number of pyridine rings is 1. The van der Waals surface area contributed by atoms with E-state index < -0.39 is 0 Å². The Morgan fingerprint density at radius 3 is 2.70 bits per heavy atom. The van der Waals surface area contributed by atoms with E-state index in [1.165, 1.54) is 12.1 Å². The standard InChI is InChI=1S/C21H24FN3O2/c1-4-25(5-2)19(20-7-6-10-27-20)13-23-21(26)17-11-14(3)24-18-12-15(22)8-9-16(17)18/h6-12,19H,4-5,13H2,1-3H3,(H,23,26)/t19-/m1/s1. The summed E-state index contributed by atoms with van der Waals surface area (Å²) in [5, 5.41) is 3.64. The normalized spacial score (nSPS) is 12.5. The Labute approximate surface area is 158 Å². The van der Waals surface area contributed by atoms with Crippen LogP contribution < -0.4 is 5.32 Å². The summed E-state index contributed by atoms with van der Waals surface area (Å²) in [7, 11) is 0. The summed E-state index contributed by atoms with van der Waals surface area (Å²) in [5.74, 6) is 0.240. The van der Waals surface area contributed by atoms with Crippen molar-refractivity contribution in [2.45, 2.75) is 26.8 Å². The first-order valence-corrected chi connectivity index (χ1v) is 9.16. The maximum atomic E-state index is 13.5. The van der Waals surface area contributed by atoms with Gasteiger partial charge in [0, 0.05) is 23.7 Å². The molecule has 3 rings (SSSR count). The van der Waals surface area contributed by atoms with Crippen LogP contribution in [0, 0.1) is 12.7 Å². The minimum Gasteiger partial charge on any atom is -0.468 e. The molecule has 2 heterocycles. The zero-order chi connectivity index (χ0) is 19.4. The third-order valence-electron chi connectivity index (χ3n) is 4.73. The lowest BCUT2D eigenvalue weighted by atomic mass is 10.1. The highest BCUT2D eigenvalue weighted by atomic mass is 19.1. The molecular weight excluding hydrogens is 345 g/mol. The van der Waals surface area contributed by atoms with Crippen LogP contribution >= 0.6 is 0 Å². The molecule has 6 heteroatoms. The van der Waals surface area contributed by atoms with Gasteiger partial charge in [0.2, 0.25) is 0 Å². The fourth-order valence-electron chi connectivity index (χ4n) is 3.36. The van der Waals surface area contributed by atoms with E-state index in [-0.39, 0.29) is 17.8 Å². The summed E-state index contributed by atoms with van der Waals surface area (Å²) in [6.45, 7) is 8.05. The summed E-state index contributed by atoms with van der Waals surface area (Å²) in [6.07, 6.45) is 1.64. The van der Waals surface area contributed by atoms with E-state index in [1.54, 1.807) is 25.3 Å². The van der Waals surface area contributed by atoms with Crippen molar-refractivity contribution in [1.29, 1.82) is 0 Å². The molecule has 1 atom stereocenters. The number of benzene rings is 1. The number of halogens is 1. The van der Waals surface area contributed by atoms with Crippen LogP contribution in [0.2, 0.25) is 0 Å². The van der Waals surface area contributed by atoms with Gasteiger partial charge in [0.15, 0.2) is 0 Å². The Balaban J connectivity index is 1.85. The second kappa shape index (κ2) is 8.31. The lowest BCUT2D eigenvalue weighted by Gasteiger charge is -2.28. The molecule has 3 aromatic rings. The number of hydrogen-bond donors (Lipinski definition) is 1. The number of likely N-dealkylation sites (N-methyl/N-ethyl adjacent to an activating group) is 1. The predicted molar refractivity (Wildman–Crippen MR) is 103 cm³/mol. The van der Waals surface area contributed by atoms with Gasteiger partial charge in [-0.25, -0.2) is 4.39 Å². The first-order chi connectivity index (χ1) is 13.0. The molecule has 0 saturated carbocycles. The molecule has 0 radical (unpaired) electrons. The van der Waals surface area contributed by atoms with Crippen LogP contribution in [0.1, 0.15) is 41.7 Å². The number of furan rings is 1. The largest absolute Gasteiger partial charge is 0.468 e. The molecule has 0 aliphatic rings. The number of carbonyl (C=O) groups excluding carboxylic acids is 1. The molecule has 0 bridgehead atoms. The second-order valence-corrected chi connectivity index (χ2v) is 6.44. The molecule has 5 nitrogen and oxygen atoms in total. The molecular formula is C21H24FN3O2. The van der Waals surface area contributed by atoms with Gasteiger partial charge in [-0.2, -0.15) is 0 Å². The lowest BCUT2D eigenvalue weighted by molar-refractivity contribution is 0.0931. The lowest BCUT2D eigenvalue weighted by Crippen LogP contribution is -2.38. The van der Waals surface area contributed by atoms with Crippen molar-refractivity contribution in [3.8, 4) is 0 Å². The number of rotatable bonds is 7. The van der Waals surface area contributed by atoms with E-state index in [0.29, 0.717) is 28.7 Å². The van der Waals surface area contributed by atoms with Crippen molar-refractivity contribution >= 4 is 16.8 Å². The number of aryl methyl sites for hydroxylation is 1. The van der Waals surface area contributed by atoms with Gasteiger partial charge in [-0.15, -0.1) is 0 Å². The van der Waals surface area contributed by atoms with Crippen LogP contribution in [0.4, 0.5) is 4.39 Å². The van der Waals surface area contributed by atoms with Crippen LogP contribution in [-0.4, -0.2) is 35.4 Å². The topological polar surface area (TPSA) is 58.4 Å². The van der Waals surface area contributed by atoms with Gasteiger partial charge >= 0.3 is 0 Å². The number of nitrogens with one attached hydrogen (secondary N) is 1. The van der Waals surface area contributed by atoms with Crippen LogP contribution in [0.3, 0.4) is 0 Å². The van der Waals surface area contributed by atoms with Crippen molar-refractivity contribution in [3.05, 3.63) is 65.5 Å². The summed E-state index contributed by atoms with van der Waals surface area (Å²) in [4.78, 5) is 19.4. The van der Waals surface area contributed by atoms with Crippen molar-refractivity contribution in [1.82, 2.24) is 15.2 Å². The third-order valence-corrected chi connectivity index (χ3v) is 4.73. The second-order valence-electron chi connectivity index (χ2n) is 6.44. The van der Waals surface area contributed by atoms with Gasteiger partial charge < -0.3 is 9.73 Å². The molecule has 0 unspecified atom stereocenters. The van der Waals surface area contributed by atoms with Crippen LogP contribution in [0.15, 0.2) is 47.1 Å². The van der Waals surface area contributed by atoms with Gasteiger partial charge in [-0.3, -0.25) is 14.7 Å². The number of nitrogens with zero attached hydrogens (tertiary/aromatic N) is 2. The molecule has 2 aromatic heterocycles.